The number of carboxylic acid groups (broad SMARTS) is 1. The molecule has 4 nitrogen and oxygen atoms in total. The minimum atomic E-state index is -0.708. The average molecular weight is 307 g/mol. The molecule has 0 bridgehead atoms. The molecule has 1 aromatic heterocycles. The molecule has 0 saturated heterocycles. The van der Waals surface area contributed by atoms with Gasteiger partial charge in [-0.2, -0.15) is 0 Å². The van der Waals surface area contributed by atoms with Crippen molar-refractivity contribution in [2.24, 2.45) is 5.92 Å². The number of fused-ring (bicyclic) bond motifs is 1. The zero-order chi connectivity index (χ0) is 15.0. The maximum Gasteiger partial charge on any atom is 0.307 e. The van der Waals surface area contributed by atoms with E-state index in [1.54, 1.807) is 0 Å². The number of halogens is 1. The molecule has 21 heavy (non-hydrogen) atoms. The topological polar surface area (TPSA) is 55.1 Å². The number of imidazole rings is 1. The van der Waals surface area contributed by atoms with E-state index in [1.165, 1.54) is 0 Å². The van der Waals surface area contributed by atoms with Gasteiger partial charge in [0.1, 0.15) is 5.82 Å². The van der Waals surface area contributed by atoms with Crippen molar-refractivity contribution in [2.45, 2.75) is 45.1 Å². The Morgan fingerprint density at radius 1 is 1.43 bits per heavy atom. The molecule has 2 atom stereocenters. The van der Waals surface area contributed by atoms with Crippen molar-refractivity contribution in [3.63, 3.8) is 0 Å². The summed E-state index contributed by atoms with van der Waals surface area (Å²) in [6.07, 6.45) is 3.67. The summed E-state index contributed by atoms with van der Waals surface area (Å²) >= 11 is 6.31. The van der Waals surface area contributed by atoms with E-state index in [0.29, 0.717) is 5.02 Å². The molecule has 1 heterocycles. The van der Waals surface area contributed by atoms with Gasteiger partial charge in [0.15, 0.2) is 0 Å². The zero-order valence-electron chi connectivity index (χ0n) is 12.1. The number of carboxylic acids is 1. The van der Waals surface area contributed by atoms with Gasteiger partial charge in [-0.25, -0.2) is 4.98 Å². The van der Waals surface area contributed by atoms with Crippen LogP contribution in [0.15, 0.2) is 18.2 Å². The molecule has 2 unspecified atom stereocenters. The lowest BCUT2D eigenvalue weighted by atomic mass is 9.78. The number of benzene rings is 1. The smallest absolute Gasteiger partial charge is 0.307 e. The van der Waals surface area contributed by atoms with Gasteiger partial charge in [0.05, 0.1) is 22.0 Å². The predicted octanol–water partition coefficient (Wildman–Crippen LogP) is 4.07. The van der Waals surface area contributed by atoms with E-state index in [-0.39, 0.29) is 11.8 Å². The van der Waals surface area contributed by atoms with Gasteiger partial charge >= 0.3 is 5.97 Å². The van der Waals surface area contributed by atoms with Crippen LogP contribution in [0.2, 0.25) is 5.02 Å². The van der Waals surface area contributed by atoms with E-state index in [0.717, 1.165) is 49.1 Å². The first-order valence-electron chi connectivity index (χ1n) is 7.51. The predicted molar refractivity (Wildman–Crippen MR) is 82.8 cm³/mol. The van der Waals surface area contributed by atoms with Crippen LogP contribution in [0.1, 0.15) is 44.3 Å². The Bertz CT molecular complexity index is 680. The van der Waals surface area contributed by atoms with Crippen LogP contribution in [-0.4, -0.2) is 20.6 Å². The molecule has 5 heteroatoms. The van der Waals surface area contributed by atoms with Gasteiger partial charge in [0.25, 0.3) is 0 Å². The molecule has 0 aliphatic heterocycles. The number of aliphatic carboxylic acids is 1. The molecule has 1 N–H and O–H groups in total. The third kappa shape index (κ3) is 2.42. The van der Waals surface area contributed by atoms with Gasteiger partial charge in [-0.3, -0.25) is 4.79 Å². The fourth-order valence-electron chi connectivity index (χ4n) is 3.50. The largest absolute Gasteiger partial charge is 0.481 e. The highest BCUT2D eigenvalue weighted by Crippen LogP contribution is 2.39. The van der Waals surface area contributed by atoms with E-state index in [4.69, 9.17) is 16.6 Å². The Labute approximate surface area is 128 Å². The fourth-order valence-corrected chi connectivity index (χ4v) is 3.77. The Morgan fingerprint density at radius 2 is 2.19 bits per heavy atom. The van der Waals surface area contributed by atoms with E-state index in [2.05, 4.69) is 4.57 Å². The van der Waals surface area contributed by atoms with Gasteiger partial charge in [-0.15, -0.1) is 0 Å². The normalized spacial score (nSPS) is 22.6. The van der Waals surface area contributed by atoms with Crippen molar-refractivity contribution >= 4 is 28.6 Å². The first-order chi connectivity index (χ1) is 10.1. The summed E-state index contributed by atoms with van der Waals surface area (Å²) in [5.74, 6) is -0.174. The lowest BCUT2D eigenvalue weighted by Gasteiger charge is -2.28. The summed E-state index contributed by atoms with van der Waals surface area (Å²) in [5.41, 5.74) is 1.78. The average Bonchev–Trinajstić information content (AvgIpc) is 2.87. The maximum absolute atomic E-state index is 11.6. The molecule has 0 spiro atoms. The second-order valence-electron chi connectivity index (χ2n) is 5.66. The number of aromatic nitrogens is 2. The van der Waals surface area contributed by atoms with Crippen LogP contribution in [0.5, 0.6) is 0 Å². The Balaban J connectivity index is 2.14. The highest BCUT2D eigenvalue weighted by Gasteiger charge is 2.35. The molecular weight excluding hydrogens is 288 g/mol. The minimum Gasteiger partial charge on any atom is -0.481 e. The Hall–Kier alpha value is -1.55. The monoisotopic (exact) mass is 306 g/mol. The molecule has 3 rings (SSSR count). The van der Waals surface area contributed by atoms with Crippen LogP contribution in [-0.2, 0) is 11.3 Å². The van der Waals surface area contributed by atoms with E-state index < -0.39 is 5.97 Å². The van der Waals surface area contributed by atoms with E-state index in [1.807, 2.05) is 25.1 Å². The van der Waals surface area contributed by atoms with Gasteiger partial charge in [-0.05, 0) is 31.9 Å². The molecule has 1 fully saturated rings. The van der Waals surface area contributed by atoms with Crippen molar-refractivity contribution in [2.75, 3.05) is 0 Å². The standard InChI is InChI=1S/C16H19ClN2O2/c1-2-19-14-12(17)8-5-9-13(14)18-15(19)10-6-3-4-7-11(10)16(20)21/h5,8-11H,2-4,6-7H2,1H3,(H,20,21). The highest BCUT2D eigenvalue weighted by molar-refractivity contribution is 6.35. The number of para-hydroxylation sites is 1. The zero-order valence-corrected chi connectivity index (χ0v) is 12.8. The third-order valence-corrected chi connectivity index (χ3v) is 4.78. The highest BCUT2D eigenvalue weighted by atomic mass is 35.5. The summed E-state index contributed by atoms with van der Waals surface area (Å²) in [4.78, 5) is 16.3. The van der Waals surface area contributed by atoms with E-state index >= 15 is 0 Å². The second-order valence-corrected chi connectivity index (χ2v) is 6.06. The second kappa shape index (κ2) is 5.68. The number of aryl methyl sites for hydroxylation is 1. The molecule has 1 saturated carbocycles. The number of nitrogens with zero attached hydrogens (tertiary/aromatic N) is 2. The van der Waals surface area contributed by atoms with Crippen molar-refractivity contribution < 1.29 is 9.90 Å². The molecular formula is C16H19ClN2O2. The molecule has 1 aliphatic carbocycles. The van der Waals surface area contributed by atoms with Crippen LogP contribution in [0.4, 0.5) is 0 Å². The molecule has 112 valence electrons. The summed E-state index contributed by atoms with van der Waals surface area (Å²) in [6.45, 7) is 2.80. The van der Waals surface area contributed by atoms with Crippen LogP contribution >= 0.6 is 11.6 Å². The molecule has 1 aromatic carbocycles. The van der Waals surface area contributed by atoms with Gasteiger partial charge in [0, 0.05) is 12.5 Å². The first kappa shape index (κ1) is 14.4. The molecule has 2 aromatic rings. The van der Waals surface area contributed by atoms with Crippen molar-refractivity contribution in [1.82, 2.24) is 9.55 Å². The van der Waals surface area contributed by atoms with Gasteiger partial charge < -0.3 is 9.67 Å². The first-order valence-corrected chi connectivity index (χ1v) is 7.88. The SMILES string of the molecule is CCn1c(C2CCCCC2C(=O)O)nc2cccc(Cl)c21. The molecule has 0 amide bonds. The summed E-state index contributed by atoms with van der Waals surface area (Å²) in [7, 11) is 0. The van der Waals surface area contributed by atoms with Crippen molar-refractivity contribution in [3.8, 4) is 0 Å². The molecule has 0 radical (unpaired) electrons. The summed E-state index contributed by atoms with van der Waals surface area (Å²) < 4.78 is 2.09. The number of rotatable bonds is 3. The quantitative estimate of drug-likeness (QED) is 0.930. The fraction of sp³-hybridized carbons (Fsp3) is 0.500. The van der Waals surface area contributed by atoms with Crippen molar-refractivity contribution in [3.05, 3.63) is 29.0 Å². The number of carbonyl (C=O) groups is 1. The Kier molecular flexibility index (Phi) is 3.89. The Morgan fingerprint density at radius 3 is 2.90 bits per heavy atom. The molecule has 1 aliphatic rings. The minimum absolute atomic E-state index is 0.0142. The summed E-state index contributed by atoms with van der Waals surface area (Å²) in [6, 6.07) is 5.68. The lowest BCUT2D eigenvalue weighted by molar-refractivity contribution is -0.143. The van der Waals surface area contributed by atoms with Crippen LogP contribution in [0.3, 0.4) is 0 Å². The van der Waals surface area contributed by atoms with Crippen LogP contribution in [0, 0.1) is 5.92 Å². The number of hydrogen-bond donors (Lipinski definition) is 1. The maximum atomic E-state index is 11.6. The van der Waals surface area contributed by atoms with Crippen LogP contribution < -0.4 is 0 Å². The van der Waals surface area contributed by atoms with Crippen molar-refractivity contribution in [1.29, 1.82) is 0 Å². The third-order valence-electron chi connectivity index (χ3n) is 4.48. The van der Waals surface area contributed by atoms with Gasteiger partial charge in [0.2, 0.25) is 0 Å². The lowest BCUT2D eigenvalue weighted by Crippen LogP contribution is -2.27. The summed E-state index contributed by atoms with van der Waals surface area (Å²) in [5, 5.41) is 10.2. The van der Waals surface area contributed by atoms with Gasteiger partial charge in [-0.1, -0.05) is 30.5 Å². The van der Waals surface area contributed by atoms with E-state index in [9.17, 15) is 9.90 Å². The number of hydrogen-bond acceptors (Lipinski definition) is 2. The van der Waals surface area contributed by atoms with Crippen LogP contribution in [0.25, 0.3) is 11.0 Å².